The fourth-order valence-corrected chi connectivity index (χ4v) is 2.06. The van der Waals surface area contributed by atoms with E-state index in [1.807, 2.05) is 26.0 Å². The van der Waals surface area contributed by atoms with E-state index in [4.69, 9.17) is 16.3 Å². The SMILES string of the molecule is CC(C)CC(CO)NC(=O)NCCOc1ccccc1Cl. The number of urea groups is 1. The summed E-state index contributed by atoms with van der Waals surface area (Å²) in [6.45, 7) is 4.70. The summed E-state index contributed by atoms with van der Waals surface area (Å²) in [6.07, 6.45) is 0.736. The van der Waals surface area contributed by atoms with Crippen LogP contribution in [-0.4, -0.2) is 36.9 Å². The quantitative estimate of drug-likeness (QED) is 0.645. The number of amides is 2. The molecule has 0 saturated carbocycles. The van der Waals surface area contributed by atoms with Gasteiger partial charge in [-0.05, 0) is 24.5 Å². The maximum absolute atomic E-state index is 11.7. The third-order valence-electron chi connectivity index (χ3n) is 2.79. The zero-order chi connectivity index (χ0) is 15.7. The minimum Gasteiger partial charge on any atom is -0.490 e. The van der Waals surface area contributed by atoms with Crippen LogP contribution in [0.4, 0.5) is 4.79 Å². The summed E-state index contributed by atoms with van der Waals surface area (Å²) in [4.78, 5) is 11.7. The van der Waals surface area contributed by atoms with Gasteiger partial charge in [0, 0.05) is 0 Å². The normalized spacial score (nSPS) is 12.0. The number of carbonyl (C=O) groups excluding carboxylic acids is 1. The van der Waals surface area contributed by atoms with Gasteiger partial charge in [-0.1, -0.05) is 37.6 Å². The number of rotatable bonds is 8. The van der Waals surface area contributed by atoms with Crippen molar-refractivity contribution in [1.82, 2.24) is 10.6 Å². The Morgan fingerprint density at radius 3 is 2.71 bits per heavy atom. The van der Waals surface area contributed by atoms with Crippen molar-refractivity contribution in [2.45, 2.75) is 26.3 Å². The van der Waals surface area contributed by atoms with Gasteiger partial charge < -0.3 is 20.5 Å². The van der Waals surface area contributed by atoms with E-state index >= 15 is 0 Å². The molecule has 1 aromatic rings. The van der Waals surface area contributed by atoms with Crippen LogP contribution >= 0.6 is 11.6 Å². The Bertz CT molecular complexity index is 441. The van der Waals surface area contributed by atoms with Crippen molar-refractivity contribution >= 4 is 17.6 Å². The molecule has 2 amide bonds. The highest BCUT2D eigenvalue weighted by atomic mass is 35.5. The second kappa shape index (κ2) is 9.47. The van der Waals surface area contributed by atoms with E-state index in [1.54, 1.807) is 12.1 Å². The lowest BCUT2D eigenvalue weighted by molar-refractivity contribution is 0.205. The van der Waals surface area contributed by atoms with Gasteiger partial charge in [0.05, 0.1) is 24.2 Å². The first kappa shape index (κ1) is 17.6. The minimum absolute atomic E-state index is 0.0677. The molecule has 0 fully saturated rings. The molecule has 1 aromatic carbocycles. The molecule has 0 aliphatic heterocycles. The molecular formula is C15H23ClN2O3. The van der Waals surface area contributed by atoms with Gasteiger partial charge in [0.15, 0.2) is 0 Å². The highest BCUT2D eigenvalue weighted by Crippen LogP contribution is 2.22. The number of hydrogen-bond donors (Lipinski definition) is 3. The van der Waals surface area contributed by atoms with Gasteiger partial charge in [0.25, 0.3) is 0 Å². The number of hydrogen-bond acceptors (Lipinski definition) is 3. The van der Waals surface area contributed by atoms with Crippen LogP contribution in [0, 0.1) is 5.92 Å². The standard InChI is InChI=1S/C15H23ClN2O3/c1-11(2)9-12(10-19)18-15(20)17-7-8-21-14-6-4-3-5-13(14)16/h3-6,11-12,19H,7-10H2,1-2H3,(H2,17,18,20). The Balaban J connectivity index is 2.23. The molecule has 3 N–H and O–H groups in total. The fraction of sp³-hybridized carbons (Fsp3) is 0.533. The van der Waals surface area contributed by atoms with Crippen molar-refractivity contribution in [3.05, 3.63) is 29.3 Å². The highest BCUT2D eigenvalue weighted by molar-refractivity contribution is 6.32. The Labute approximate surface area is 130 Å². The lowest BCUT2D eigenvalue weighted by Gasteiger charge is -2.18. The van der Waals surface area contributed by atoms with E-state index in [9.17, 15) is 9.90 Å². The van der Waals surface area contributed by atoms with Gasteiger partial charge >= 0.3 is 6.03 Å². The summed E-state index contributed by atoms with van der Waals surface area (Å²) in [5.74, 6) is 1.00. The van der Waals surface area contributed by atoms with Crippen molar-refractivity contribution in [2.24, 2.45) is 5.92 Å². The molecule has 0 aliphatic rings. The first-order valence-electron chi connectivity index (χ1n) is 7.05. The van der Waals surface area contributed by atoms with Gasteiger partial charge in [-0.15, -0.1) is 0 Å². The average Bonchev–Trinajstić information content (AvgIpc) is 2.44. The summed E-state index contributed by atoms with van der Waals surface area (Å²) >= 11 is 5.95. The molecule has 0 spiro atoms. The highest BCUT2D eigenvalue weighted by Gasteiger charge is 2.12. The smallest absolute Gasteiger partial charge is 0.315 e. The van der Waals surface area contributed by atoms with Crippen molar-refractivity contribution in [3.8, 4) is 5.75 Å². The summed E-state index contributed by atoms with van der Waals surface area (Å²) < 4.78 is 5.46. The van der Waals surface area contributed by atoms with Crippen LogP contribution in [0.2, 0.25) is 5.02 Å². The molecule has 0 saturated heterocycles. The first-order valence-corrected chi connectivity index (χ1v) is 7.43. The van der Waals surface area contributed by atoms with Gasteiger partial charge in [-0.3, -0.25) is 0 Å². The Morgan fingerprint density at radius 1 is 1.38 bits per heavy atom. The van der Waals surface area contributed by atoms with Crippen LogP contribution < -0.4 is 15.4 Å². The first-order chi connectivity index (χ1) is 10.0. The summed E-state index contributed by atoms with van der Waals surface area (Å²) in [6, 6.07) is 6.64. The van der Waals surface area contributed by atoms with Crippen LogP contribution in [0.3, 0.4) is 0 Å². The molecule has 118 valence electrons. The predicted octanol–water partition coefficient (Wildman–Crippen LogP) is 2.42. The van der Waals surface area contributed by atoms with Gasteiger partial charge in [-0.25, -0.2) is 4.79 Å². The van der Waals surface area contributed by atoms with Crippen LogP contribution in [0.1, 0.15) is 20.3 Å². The molecule has 0 radical (unpaired) electrons. The monoisotopic (exact) mass is 314 g/mol. The van der Waals surface area contributed by atoms with E-state index < -0.39 is 0 Å². The summed E-state index contributed by atoms with van der Waals surface area (Å²) in [5, 5.41) is 15.1. The Hall–Kier alpha value is -1.46. The topological polar surface area (TPSA) is 70.6 Å². The number of nitrogens with one attached hydrogen (secondary N) is 2. The number of ether oxygens (including phenoxy) is 1. The summed E-state index contributed by atoms with van der Waals surface area (Å²) in [7, 11) is 0. The van der Waals surface area contributed by atoms with E-state index in [0.29, 0.717) is 29.8 Å². The number of aliphatic hydroxyl groups is 1. The maximum atomic E-state index is 11.7. The van der Waals surface area contributed by atoms with Crippen molar-refractivity contribution < 1.29 is 14.6 Å². The molecule has 1 atom stereocenters. The third kappa shape index (κ3) is 7.20. The Morgan fingerprint density at radius 2 is 2.10 bits per heavy atom. The molecule has 6 heteroatoms. The molecule has 1 rings (SSSR count). The molecule has 0 aromatic heterocycles. The van der Waals surface area contributed by atoms with Crippen LogP contribution in [-0.2, 0) is 0 Å². The molecule has 0 aliphatic carbocycles. The maximum Gasteiger partial charge on any atom is 0.315 e. The van der Waals surface area contributed by atoms with Crippen LogP contribution in [0.5, 0.6) is 5.75 Å². The number of halogens is 1. The molecule has 1 unspecified atom stereocenters. The van der Waals surface area contributed by atoms with E-state index in [0.717, 1.165) is 6.42 Å². The lowest BCUT2D eigenvalue weighted by Crippen LogP contribution is -2.45. The van der Waals surface area contributed by atoms with Gasteiger partial charge in [0.1, 0.15) is 12.4 Å². The number of aliphatic hydroxyl groups excluding tert-OH is 1. The van der Waals surface area contributed by atoms with Crippen molar-refractivity contribution in [1.29, 1.82) is 0 Å². The fourth-order valence-electron chi connectivity index (χ4n) is 1.87. The van der Waals surface area contributed by atoms with Crippen molar-refractivity contribution in [2.75, 3.05) is 19.8 Å². The van der Waals surface area contributed by atoms with Crippen molar-refractivity contribution in [3.63, 3.8) is 0 Å². The zero-order valence-corrected chi connectivity index (χ0v) is 13.2. The lowest BCUT2D eigenvalue weighted by atomic mass is 10.0. The molecule has 0 bridgehead atoms. The van der Waals surface area contributed by atoms with Gasteiger partial charge in [-0.2, -0.15) is 0 Å². The second-order valence-electron chi connectivity index (χ2n) is 5.19. The van der Waals surface area contributed by atoms with E-state index in [1.165, 1.54) is 0 Å². The predicted molar refractivity (Wildman–Crippen MR) is 83.8 cm³/mol. The molecule has 5 nitrogen and oxygen atoms in total. The number of para-hydroxylation sites is 1. The average molecular weight is 315 g/mol. The summed E-state index contributed by atoms with van der Waals surface area (Å²) in [5.41, 5.74) is 0. The second-order valence-corrected chi connectivity index (χ2v) is 5.60. The third-order valence-corrected chi connectivity index (χ3v) is 3.11. The molecular weight excluding hydrogens is 292 g/mol. The Kier molecular flexibility index (Phi) is 7.93. The number of carbonyl (C=O) groups is 1. The van der Waals surface area contributed by atoms with Crippen LogP contribution in [0.25, 0.3) is 0 Å². The van der Waals surface area contributed by atoms with Crippen LogP contribution in [0.15, 0.2) is 24.3 Å². The zero-order valence-electron chi connectivity index (χ0n) is 12.4. The van der Waals surface area contributed by atoms with E-state index in [2.05, 4.69) is 10.6 Å². The number of benzene rings is 1. The van der Waals surface area contributed by atoms with E-state index in [-0.39, 0.29) is 18.7 Å². The van der Waals surface area contributed by atoms with Gasteiger partial charge in [0.2, 0.25) is 0 Å². The largest absolute Gasteiger partial charge is 0.490 e. The molecule has 0 heterocycles. The minimum atomic E-state index is -0.308. The molecule has 21 heavy (non-hydrogen) atoms.